The van der Waals surface area contributed by atoms with Crippen LogP contribution in [-0.4, -0.2) is 29.0 Å². The molecule has 2 aromatic rings. The normalized spacial score (nSPS) is 13.2. The van der Waals surface area contributed by atoms with Gasteiger partial charge in [0.05, 0.1) is 0 Å². The molecule has 0 bridgehead atoms. The molecule has 0 aliphatic rings. The molecule has 1 amide bonds. The van der Waals surface area contributed by atoms with Crippen LogP contribution in [0.15, 0.2) is 53.0 Å². The van der Waals surface area contributed by atoms with Gasteiger partial charge in [-0.15, -0.1) is 0 Å². The quantitative estimate of drug-likeness (QED) is 0.704. The molecule has 0 saturated heterocycles. The van der Waals surface area contributed by atoms with Crippen molar-refractivity contribution in [2.45, 2.75) is 25.7 Å². The van der Waals surface area contributed by atoms with Gasteiger partial charge in [-0.1, -0.05) is 52.3 Å². The Kier molecular flexibility index (Phi) is 6.78. The van der Waals surface area contributed by atoms with Crippen LogP contribution in [0.1, 0.15) is 22.8 Å². The lowest BCUT2D eigenvalue weighted by atomic mass is 9.99. The number of hydrogen-bond donors (Lipinski definition) is 3. The van der Waals surface area contributed by atoms with Crippen LogP contribution in [-0.2, 0) is 11.3 Å². The van der Waals surface area contributed by atoms with Crippen molar-refractivity contribution in [3.63, 3.8) is 0 Å². The van der Waals surface area contributed by atoms with Crippen LogP contribution < -0.4 is 5.32 Å². The number of alkyl carbamates (subject to hydrolysis) is 1. The summed E-state index contributed by atoms with van der Waals surface area (Å²) in [5.41, 5.74) is 2.34. The van der Waals surface area contributed by atoms with Crippen LogP contribution in [0, 0.1) is 6.92 Å². The van der Waals surface area contributed by atoms with Crippen molar-refractivity contribution < 1.29 is 19.7 Å². The zero-order chi connectivity index (χ0) is 17.5. The van der Waals surface area contributed by atoms with E-state index in [2.05, 4.69) is 21.2 Å². The van der Waals surface area contributed by atoms with Gasteiger partial charge in [0.1, 0.15) is 18.8 Å². The summed E-state index contributed by atoms with van der Waals surface area (Å²) in [5, 5.41) is 22.7. The molecular formula is C18H20BrNO4. The first kappa shape index (κ1) is 18.4. The van der Waals surface area contributed by atoms with Crippen LogP contribution in [0.4, 0.5) is 4.79 Å². The highest BCUT2D eigenvalue weighted by molar-refractivity contribution is 9.10. The third kappa shape index (κ3) is 5.33. The standard InChI is InChI=1S/C18H20BrNO4/c1-12-9-14(19)7-8-15(12)17(22)16(21)10-20-18(23)24-11-13-5-3-2-4-6-13/h2-9,16-17,21-22H,10-11H2,1H3,(H,20,23). The molecule has 2 aromatic carbocycles. The minimum absolute atomic E-state index is 0.107. The Bertz CT molecular complexity index is 678. The van der Waals surface area contributed by atoms with Crippen molar-refractivity contribution in [2.24, 2.45) is 0 Å². The van der Waals surface area contributed by atoms with Gasteiger partial charge in [-0.25, -0.2) is 4.79 Å². The van der Waals surface area contributed by atoms with E-state index in [1.807, 2.05) is 43.3 Å². The molecular weight excluding hydrogens is 374 g/mol. The number of nitrogens with one attached hydrogen (secondary N) is 1. The Balaban J connectivity index is 1.81. The van der Waals surface area contributed by atoms with Gasteiger partial charge in [0.15, 0.2) is 0 Å². The Labute approximate surface area is 149 Å². The molecule has 0 aliphatic carbocycles. The lowest BCUT2D eigenvalue weighted by molar-refractivity contribution is 0.0180. The van der Waals surface area contributed by atoms with E-state index in [4.69, 9.17) is 4.74 Å². The minimum Gasteiger partial charge on any atom is -0.445 e. The number of aliphatic hydroxyl groups excluding tert-OH is 2. The molecule has 0 heterocycles. The number of benzene rings is 2. The monoisotopic (exact) mass is 393 g/mol. The maximum Gasteiger partial charge on any atom is 0.407 e. The van der Waals surface area contributed by atoms with Crippen molar-refractivity contribution in [1.82, 2.24) is 5.32 Å². The molecule has 0 spiro atoms. The molecule has 2 unspecified atom stereocenters. The second-order valence-corrected chi connectivity index (χ2v) is 6.37. The number of amides is 1. The fourth-order valence-electron chi connectivity index (χ4n) is 2.25. The fraction of sp³-hybridized carbons (Fsp3) is 0.278. The smallest absolute Gasteiger partial charge is 0.407 e. The average Bonchev–Trinajstić information content (AvgIpc) is 2.58. The van der Waals surface area contributed by atoms with Crippen LogP contribution in [0.25, 0.3) is 0 Å². The Morgan fingerprint density at radius 3 is 2.58 bits per heavy atom. The number of carbonyl (C=O) groups excluding carboxylic acids is 1. The van der Waals surface area contributed by atoms with Gasteiger partial charge >= 0.3 is 6.09 Å². The Morgan fingerprint density at radius 1 is 1.21 bits per heavy atom. The topological polar surface area (TPSA) is 78.8 Å². The second-order valence-electron chi connectivity index (χ2n) is 5.46. The summed E-state index contributed by atoms with van der Waals surface area (Å²) in [6.45, 7) is 1.89. The second kappa shape index (κ2) is 8.82. The summed E-state index contributed by atoms with van der Waals surface area (Å²) in [6, 6.07) is 14.7. The number of ether oxygens (including phenoxy) is 1. The lowest BCUT2D eigenvalue weighted by Gasteiger charge is -2.20. The summed E-state index contributed by atoms with van der Waals surface area (Å²) in [7, 11) is 0. The average molecular weight is 394 g/mol. The molecule has 0 aromatic heterocycles. The number of halogens is 1. The van der Waals surface area contributed by atoms with E-state index in [9.17, 15) is 15.0 Å². The van der Waals surface area contributed by atoms with Gasteiger partial charge in [0.2, 0.25) is 0 Å². The molecule has 0 saturated carbocycles. The highest BCUT2D eigenvalue weighted by Gasteiger charge is 2.21. The van der Waals surface area contributed by atoms with E-state index in [0.717, 1.165) is 15.6 Å². The van der Waals surface area contributed by atoms with Crippen LogP contribution >= 0.6 is 15.9 Å². The number of carbonyl (C=O) groups is 1. The summed E-state index contributed by atoms with van der Waals surface area (Å²) in [5.74, 6) is 0. The predicted molar refractivity (Wildman–Crippen MR) is 94.5 cm³/mol. The largest absolute Gasteiger partial charge is 0.445 e. The zero-order valence-electron chi connectivity index (χ0n) is 13.3. The first-order valence-corrected chi connectivity index (χ1v) is 8.33. The molecule has 24 heavy (non-hydrogen) atoms. The van der Waals surface area contributed by atoms with Gasteiger partial charge in [0, 0.05) is 11.0 Å². The third-order valence-electron chi connectivity index (χ3n) is 3.58. The maximum absolute atomic E-state index is 11.7. The van der Waals surface area contributed by atoms with Gasteiger partial charge in [0.25, 0.3) is 0 Å². The van der Waals surface area contributed by atoms with E-state index in [-0.39, 0.29) is 13.2 Å². The number of aliphatic hydroxyl groups is 2. The predicted octanol–water partition coefficient (Wildman–Crippen LogP) is 3.08. The number of hydrogen-bond acceptors (Lipinski definition) is 4. The van der Waals surface area contributed by atoms with Crippen molar-refractivity contribution in [2.75, 3.05) is 6.54 Å². The molecule has 0 fully saturated rings. The van der Waals surface area contributed by atoms with Crippen LogP contribution in [0.3, 0.4) is 0 Å². The van der Waals surface area contributed by atoms with Gasteiger partial charge < -0.3 is 20.3 Å². The van der Waals surface area contributed by atoms with E-state index in [1.165, 1.54) is 0 Å². The SMILES string of the molecule is Cc1cc(Br)ccc1C(O)C(O)CNC(=O)OCc1ccccc1. The highest BCUT2D eigenvalue weighted by atomic mass is 79.9. The molecule has 6 heteroatoms. The van der Waals surface area contributed by atoms with E-state index in [0.29, 0.717) is 5.56 Å². The van der Waals surface area contributed by atoms with Crippen molar-refractivity contribution >= 4 is 22.0 Å². The summed E-state index contributed by atoms with van der Waals surface area (Å²) in [6.07, 6.45) is -2.86. The molecule has 5 nitrogen and oxygen atoms in total. The summed E-state index contributed by atoms with van der Waals surface area (Å²) < 4.78 is 5.95. The van der Waals surface area contributed by atoms with Gasteiger partial charge in [-0.3, -0.25) is 0 Å². The maximum atomic E-state index is 11.7. The number of rotatable bonds is 6. The molecule has 128 valence electrons. The van der Waals surface area contributed by atoms with E-state index < -0.39 is 18.3 Å². The highest BCUT2D eigenvalue weighted by Crippen LogP contribution is 2.23. The third-order valence-corrected chi connectivity index (χ3v) is 4.08. The van der Waals surface area contributed by atoms with E-state index >= 15 is 0 Å². The first-order valence-electron chi connectivity index (χ1n) is 7.54. The van der Waals surface area contributed by atoms with Crippen molar-refractivity contribution in [3.05, 3.63) is 69.7 Å². The Morgan fingerprint density at radius 2 is 1.92 bits per heavy atom. The summed E-state index contributed by atoms with van der Waals surface area (Å²) >= 11 is 3.35. The van der Waals surface area contributed by atoms with Crippen LogP contribution in [0.2, 0.25) is 0 Å². The molecule has 3 N–H and O–H groups in total. The fourth-order valence-corrected chi connectivity index (χ4v) is 2.73. The molecule has 2 atom stereocenters. The van der Waals surface area contributed by atoms with Crippen LogP contribution in [0.5, 0.6) is 0 Å². The number of aryl methyl sites for hydroxylation is 1. The lowest BCUT2D eigenvalue weighted by Crippen LogP contribution is -2.36. The zero-order valence-corrected chi connectivity index (χ0v) is 14.9. The van der Waals surface area contributed by atoms with Crippen molar-refractivity contribution in [1.29, 1.82) is 0 Å². The van der Waals surface area contributed by atoms with Crippen molar-refractivity contribution in [3.8, 4) is 0 Å². The van der Waals surface area contributed by atoms with E-state index in [1.54, 1.807) is 12.1 Å². The molecule has 2 rings (SSSR count). The van der Waals surface area contributed by atoms with Gasteiger partial charge in [-0.05, 0) is 35.7 Å². The minimum atomic E-state index is -1.13. The molecule has 0 aliphatic heterocycles. The summed E-state index contributed by atoms with van der Waals surface area (Å²) in [4.78, 5) is 11.7. The first-order chi connectivity index (χ1) is 11.5. The van der Waals surface area contributed by atoms with Gasteiger partial charge in [-0.2, -0.15) is 0 Å². The molecule has 0 radical (unpaired) electrons. The Hall–Kier alpha value is -1.89.